The highest BCUT2D eigenvalue weighted by molar-refractivity contribution is 7.80. The molecule has 0 saturated heterocycles. The van der Waals surface area contributed by atoms with Gasteiger partial charge in [0.15, 0.2) is 6.61 Å². The van der Waals surface area contributed by atoms with Crippen molar-refractivity contribution in [2.24, 2.45) is 0 Å². The van der Waals surface area contributed by atoms with Gasteiger partial charge in [0.1, 0.15) is 5.76 Å². The lowest BCUT2D eigenvalue weighted by Gasteiger charge is -2.10. The van der Waals surface area contributed by atoms with Gasteiger partial charge in [-0.05, 0) is 6.08 Å². The van der Waals surface area contributed by atoms with Gasteiger partial charge in [-0.3, -0.25) is 0 Å². The Balaban J connectivity index is 2.50. The average molecular weight is 184 g/mol. The van der Waals surface area contributed by atoms with Gasteiger partial charge in [0.05, 0.1) is 4.86 Å². The first kappa shape index (κ1) is 8.93. The summed E-state index contributed by atoms with van der Waals surface area (Å²) in [6.07, 6.45) is 6.03. The molecule has 64 valence electrons. The zero-order chi connectivity index (χ0) is 8.97. The maximum atomic E-state index is 10.1. The molecule has 1 rings (SSSR count). The molecule has 0 spiro atoms. The first-order chi connectivity index (χ1) is 5.70. The van der Waals surface area contributed by atoms with Crippen LogP contribution in [0.4, 0.5) is 0 Å². The molecular formula is C8H8O3S. The number of carbonyl (C=O) groups is 1. The van der Waals surface area contributed by atoms with Crippen LogP contribution in [-0.2, 0) is 9.53 Å². The molecule has 12 heavy (non-hydrogen) atoms. The van der Waals surface area contributed by atoms with Crippen molar-refractivity contribution in [1.82, 2.24) is 0 Å². The monoisotopic (exact) mass is 184 g/mol. The Bertz CT molecular complexity index is 265. The van der Waals surface area contributed by atoms with Crippen molar-refractivity contribution in [2.75, 3.05) is 6.61 Å². The Morgan fingerprint density at radius 1 is 1.75 bits per heavy atom. The summed E-state index contributed by atoms with van der Waals surface area (Å²) < 4.78 is 4.93. The molecule has 1 aliphatic rings. The molecule has 0 aromatic rings. The van der Waals surface area contributed by atoms with E-state index in [0.717, 1.165) is 0 Å². The van der Waals surface area contributed by atoms with Crippen LogP contribution in [0.2, 0.25) is 0 Å². The molecule has 0 aromatic carbocycles. The quantitative estimate of drug-likeness (QED) is 0.671. The topological polar surface area (TPSA) is 46.5 Å². The van der Waals surface area contributed by atoms with Crippen molar-refractivity contribution in [3.05, 3.63) is 24.0 Å². The lowest BCUT2D eigenvalue weighted by Crippen LogP contribution is -2.12. The number of rotatable bonds is 3. The summed E-state index contributed by atoms with van der Waals surface area (Å²) in [4.78, 5) is 10.8. The standard InChI is InChI=1S/C8H8O3S/c9-8(10)5-11-6-3-1-2-4-7(6)12/h1-3H,4-5H2,(H,9,10). The van der Waals surface area contributed by atoms with Gasteiger partial charge >= 0.3 is 5.97 Å². The number of hydrogen-bond donors (Lipinski definition) is 1. The third-order valence-electron chi connectivity index (χ3n) is 1.31. The average Bonchev–Trinajstić information content (AvgIpc) is 2.03. The summed E-state index contributed by atoms with van der Waals surface area (Å²) >= 11 is 4.94. The van der Waals surface area contributed by atoms with Crippen LogP contribution >= 0.6 is 12.2 Å². The minimum absolute atomic E-state index is 0.334. The first-order valence-electron chi connectivity index (χ1n) is 3.45. The largest absolute Gasteiger partial charge is 0.481 e. The highest BCUT2D eigenvalue weighted by atomic mass is 32.1. The molecule has 0 aliphatic heterocycles. The Hall–Kier alpha value is -1.16. The van der Waals surface area contributed by atoms with Gasteiger partial charge < -0.3 is 9.84 Å². The molecule has 0 atom stereocenters. The van der Waals surface area contributed by atoms with Crippen molar-refractivity contribution in [2.45, 2.75) is 6.42 Å². The Morgan fingerprint density at radius 3 is 3.08 bits per heavy atom. The van der Waals surface area contributed by atoms with Gasteiger partial charge in [-0.15, -0.1) is 0 Å². The number of carboxylic acids is 1. The predicted molar refractivity (Wildman–Crippen MR) is 48.0 cm³/mol. The molecule has 0 amide bonds. The van der Waals surface area contributed by atoms with E-state index >= 15 is 0 Å². The Morgan fingerprint density at radius 2 is 2.50 bits per heavy atom. The molecule has 1 N–H and O–H groups in total. The van der Waals surface area contributed by atoms with Gasteiger partial charge in [0.2, 0.25) is 0 Å². The van der Waals surface area contributed by atoms with E-state index in [0.29, 0.717) is 17.0 Å². The van der Waals surface area contributed by atoms with Crippen molar-refractivity contribution < 1.29 is 14.6 Å². The number of ether oxygens (including phenoxy) is 1. The van der Waals surface area contributed by atoms with Crippen molar-refractivity contribution in [3.8, 4) is 0 Å². The summed E-state index contributed by atoms with van der Waals surface area (Å²) in [6, 6.07) is 0. The predicted octanol–water partition coefficient (Wildman–Crippen LogP) is 1.30. The van der Waals surface area contributed by atoms with E-state index in [1.807, 2.05) is 6.08 Å². The maximum absolute atomic E-state index is 10.1. The molecule has 0 saturated carbocycles. The van der Waals surface area contributed by atoms with E-state index in [9.17, 15) is 4.79 Å². The number of thiocarbonyl (C=S) groups is 1. The second-order valence-electron chi connectivity index (χ2n) is 2.27. The molecule has 3 nitrogen and oxygen atoms in total. The summed E-state index contributed by atoms with van der Waals surface area (Å²) in [5.41, 5.74) is 0. The minimum atomic E-state index is -0.992. The van der Waals surface area contributed by atoms with Crippen LogP contribution in [0.3, 0.4) is 0 Å². The van der Waals surface area contributed by atoms with Crippen LogP contribution in [0, 0.1) is 0 Å². The van der Waals surface area contributed by atoms with Crippen LogP contribution in [0.25, 0.3) is 0 Å². The lowest BCUT2D eigenvalue weighted by molar-refractivity contribution is -0.140. The number of aliphatic carboxylic acids is 1. The molecule has 0 heterocycles. The maximum Gasteiger partial charge on any atom is 0.341 e. The van der Waals surface area contributed by atoms with Gasteiger partial charge in [-0.1, -0.05) is 24.4 Å². The van der Waals surface area contributed by atoms with Gasteiger partial charge in [0.25, 0.3) is 0 Å². The fourth-order valence-corrected chi connectivity index (χ4v) is 1.02. The van der Waals surface area contributed by atoms with Gasteiger partial charge in [0, 0.05) is 6.42 Å². The van der Waals surface area contributed by atoms with E-state index in [4.69, 9.17) is 22.1 Å². The summed E-state index contributed by atoms with van der Waals surface area (Å²) in [5, 5.41) is 8.32. The van der Waals surface area contributed by atoms with E-state index < -0.39 is 5.97 Å². The van der Waals surface area contributed by atoms with Crippen molar-refractivity contribution in [1.29, 1.82) is 0 Å². The second kappa shape index (κ2) is 4.01. The highest BCUT2D eigenvalue weighted by Gasteiger charge is 2.08. The van der Waals surface area contributed by atoms with E-state index in [-0.39, 0.29) is 6.61 Å². The Labute approximate surface area is 75.3 Å². The number of hydrogen-bond acceptors (Lipinski definition) is 3. The second-order valence-corrected chi connectivity index (χ2v) is 2.76. The van der Waals surface area contributed by atoms with Crippen LogP contribution in [0.15, 0.2) is 24.0 Å². The van der Waals surface area contributed by atoms with Gasteiger partial charge in [-0.25, -0.2) is 4.79 Å². The van der Waals surface area contributed by atoms with E-state index in [2.05, 4.69) is 0 Å². The van der Waals surface area contributed by atoms with Crippen LogP contribution in [0.5, 0.6) is 0 Å². The minimum Gasteiger partial charge on any atom is -0.481 e. The lowest BCUT2D eigenvalue weighted by atomic mass is 10.1. The summed E-state index contributed by atoms with van der Waals surface area (Å²) in [7, 11) is 0. The molecule has 0 aromatic heterocycles. The smallest absolute Gasteiger partial charge is 0.341 e. The molecule has 4 heteroatoms. The van der Waals surface area contributed by atoms with Gasteiger partial charge in [-0.2, -0.15) is 0 Å². The fraction of sp³-hybridized carbons (Fsp3) is 0.250. The molecule has 0 radical (unpaired) electrons. The zero-order valence-corrected chi connectivity index (χ0v) is 7.13. The van der Waals surface area contributed by atoms with Crippen LogP contribution in [-0.4, -0.2) is 22.5 Å². The van der Waals surface area contributed by atoms with Crippen molar-refractivity contribution >= 4 is 23.1 Å². The fourth-order valence-electron chi connectivity index (χ4n) is 0.792. The SMILES string of the molecule is O=C(O)COC1=CC=CCC1=S. The number of carboxylic acid groups (broad SMARTS) is 1. The molecule has 0 bridgehead atoms. The molecule has 1 aliphatic carbocycles. The van der Waals surface area contributed by atoms with Crippen LogP contribution in [0.1, 0.15) is 6.42 Å². The number of allylic oxidation sites excluding steroid dienone is 4. The normalized spacial score (nSPS) is 15.7. The van der Waals surface area contributed by atoms with Crippen LogP contribution < -0.4 is 0 Å². The first-order valence-corrected chi connectivity index (χ1v) is 3.85. The molecule has 0 unspecified atom stereocenters. The Kier molecular flexibility index (Phi) is 2.99. The third kappa shape index (κ3) is 2.47. The van der Waals surface area contributed by atoms with E-state index in [1.54, 1.807) is 12.2 Å². The van der Waals surface area contributed by atoms with E-state index in [1.165, 1.54) is 0 Å². The summed E-state index contributed by atoms with van der Waals surface area (Å²) in [5.74, 6) is -0.497. The summed E-state index contributed by atoms with van der Waals surface area (Å²) in [6.45, 7) is -0.334. The van der Waals surface area contributed by atoms with Crippen molar-refractivity contribution in [3.63, 3.8) is 0 Å². The third-order valence-corrected chi connectivity index (χ3v) is 1.68. The molecule has 0 fully saturated rings. The zero-order valence-electron chi connectivity index (χ0n) is 6.32. The molecular weight excluding hydrogens is 176 g/mol. The highest BCUT2D eigenvalue weighted by Crippen LogP contribution is 2.10.